The molecular formula is C18H13N3O. The van der Waals surface area contributed by atoms with Crippen molar-refractivity contribution in [1.82, 2.24) is 15.0 Å². The van der Waals surface area contributed by atoms with Gasteiger partial charge in [0.05, 0.1) is 16.4 Å². The normalized spacial score (nSPS) is 11.1. The first-order chi connectivity index (χ1) is 10.7. The number of nitrogens with zero attached hydrogens (tertiary/aromatic N) is 2. The second-order valence-electron chi connectivity index (χ2n) is 5.26. The molecule has 0 spiro atoms. The predicted molar refractivity (Wildman–Crippen MR) is 87.8 cm³/mol. The molecule has 4 rings (SSSR count). The highest BCUT2D eigenvalue weighted by Crippen LogP contribution is 2.28. The van der Waals surface area contributed by atoms with E-state index in [0.717, 1.165) is 22.0 Å². The highest BCUT2D eigenvalue weighted by molar-refractivity contribution is 5.96. The minimum absolute atomic E-state index is 0.109. The van der Waals surface area contributed by atoms with Crippen LogP contribution in [0.2, 0.25) is 0 Å². The monoisotopic (exact) mass is 287 g/mol. The smallest absolute Gasteiger partial charge is 0.258 e. The number of aryl methyl sites for hydroxylation is 1. The van der Waals surface area contributed by atoms with Crippen LogP contribution in [-0.2, 0) is 0 Å². The molecule has 1 N–H and O–H groups in total. The van der Waals surface area contributed by atoms with Crippen LogP contribution in [0.15, 0.2) is 59.5 Å². The summed E-state index contributed by atoms with van der Waals surface area (Å²) in [5.74, 6) is 0.625. The average Bonchev–Trinajstić information content (AvgIpc) is 2.54. The Labute approximate surface area is 126 Å². The van der Waals surface area contributed by atoms with Gasteiger partial charge in [0.1, 0.15) is 5.82 Å². The maximum atomic E-state index is 12.1. The molecule has 4 aromatic rings. The van der Waals surface area contributed by atoms with Crippen molar-refractivity contribution in [3.63, 3.8) is 0 Å². The van der Waals surface area contributed by atoms with Gasteiger partial charge >= 0.3 is 0 Å². The molecule has 2 aromatic heterocycles. The molecule has 0 amide bonds. The summed E-state index contributed by atoms with van der Waals surface area (Å²) < 4.78 is 0. The molecule has 106 valence electrons. The number of fused-ring (bicyclic) bond motifs is 2. The second kappa shape index (κ2) is 4.77. The van der Waals surface area contributed by atoms with E-state index in [4.69, 9.17) is 0 Å². The van der Waals surface area contributed by atoms with Crippen LogP contribution in [-0.4, -0.2) is 15.0 Å². The lowest BCUT2D eigenvalue weighted by Crippen LogP contribution is -2.09. The number of H-pyrrole nitrogens is 1. The SMILES string of the molecule is Cc1nc2ccc(-c3cccc4ncccc34)cc2c(=O)[nH]1. The number of pyridine rings is 1. The molecule has 2 heterocycles. The van der Waals surface area contributed by atoms with Gasteiger partial charge in [0, 0.05) is 11.6 Å². The van der Waals surface area contributed by atoms with Crippen LogP contribution < -0.4 is 5.56 Å². The molecule has 0 aliphatic heterocycles. The molecule has 0 fully saturated rings. The number of aromatic nitrogens is 3. The molecule has 0 aliphatic rings. The molecule has 0 aliphatic carbocycles. The Morgan fingerprint density at radius 3 is 2.77 bits per heavy atom. The number of aromatic amines is 1. The third kappa shape index (κ3) is 1.97. The van der Waals surface area contributed by atoms with E-state index in [1.54, 1.807) is 13.1 Å². The summed E-state index contributed by atoms with van der Waals surface area (Å²) in [6.45, 7) is 1.78. The van der Waals surface area contributed by atoms with Crippen molar-refractivity contribution in [3.8, 4) is 11.1 Å². The lowest BCUT2D eigenvalue weighted by atomic mass is 9.99. The molecular weight excluding hydrogens is 274 g/mol. The quantitative estimate of drug-likeness (QED) is 0.583. The van der Waals surface area contributed by atoms with Crippen LogP contribution in [0.1, 0.15) is 5.82 Å². The largest absolute Gasteiger partial charge is 0.310 e. The maximum Gasteiger partial charge on any atom is 0.258 e. The lowest BCUT2D eigenvalue weighted by Gasteiger charge is -2.07. The summed E-state index contributed by atoms with van der Waals surface area (Å²) in [5.41, 5.74) is 3.59. The highest BCUT2D eigenvalue weighted by Gasteiger charge is 2.07. The van der Waals surface area contributed by atoms with Gasteiger partial charge in [-0.25, -0.2) is 4.98 Å². The van der Waals surface area contributed by atoms with Gasteiger partial charge in [-0.05, 0) is 42.3 Å². The number of hydrogen-bond donors (Lipinski definition) is 1. The average molecular weight is 287 g/mol. The molecule has 0 radical (unpaired) electrons. The minimum Gasteiger partial charge on any atom is -0.310 e. The fraction of sp³-hybridized carbons (Fsp3) is 0.0556. The Kier molecular flexibility index (Phi) is 2.76. The number of benzene rings is 2. The van der Waals surface area contributed by atoms with Gasteiger partial charge in [0.2, 0.25) is 0 Å². The minimum atomic E-state index is -0.109. The number of hydrogen-bond acceptors (Lipinski definition) is 3. The van der Waals surface area contributed by atoms with Gasteiger partial charge in [0.25, 0.3) is 5.56 Å². The van der Waals surface area contributed by atoms with Crippen molar-refractivity contribution in [2.45, 2.75) is 6.92 Å². The molecule has 0 bridgehead atoms. The van der Waals surface area contributed by atoms with Gasteiger partial charge in [0.15, 0.2) is 0 Å². The van der Waals surface area contributed by atoms with E-state index in [-0.39, 0.29) is 5.56 Å². The van der Waals surface area contributed by atoms with Crippen molar-refractivity contribution in [2.75, 3.05) is 0 Å². The van der Waals surface area contributed by atoms with Crippen molar-refractivity contribution in [2.24, 2.45) is 0 Å². The molecule has 2 aromatic carbocycles. The van der Waals surface area contributed by atoms with Crippen molar-refractivity contribution >= 4 is 21.8 Å². The van der Waals surface area contributed by atoms with Crippen molar-refractivity contribution in [3.05, 3.63) is 70.9 Å². The Morgan fingerprint density at radius 1 is 0.955 bits per heavy atom. The van der Waals surface area contributed by atoms with Crippen LogP contribution in [0.3, 0.4) is 0 Å². The van der Waals surface area contributed by atoms with E-state index in [1.165, 1.54) is 0 Å². The standard InChI is InChI=1S/C18H13N3O/c1-11-20-17-8-7-12(10-15(17)18(22)21-11)13-4-2-6-16-14(13)5-3-9-19-16/h2-10H,1H3,(H,20,21,22). The highest BCUT2D eigenvalue weighted by atomic mass is 16.1. The number of rotatable bonds is 1. The van der Waals surface area contributed by atoms with Crippen molar-refractivity contribution in [1.29, 1.82) is 0 Å². The molecule has 0 saturated heterocycles. The zero-order valence-electron chi connectivity index (χ0n) is 12.0. The van der Waals surface area contributed by atoms with E-state index in [9.17, 15) is 4.79 Å². The van der Waals surface area contributed by atoms with Crippen LogP contribution in [0.4, 0.5) is 0 Å². The fourth-order valence-corrected chi connectivity index (χ4v) is 2.78. The maximum absolute atomic E-state index is 12.1. The van der Waals surface area contributed by atoms with Gasteiger partial charge in [-0.2, -0.15) is 0 Å². The molecule has 4 nitrogen and oxygen atoms in total. The van der Waals surface area contributed by atoms with Gasteiger partial charge in [-0.15, -0.1) is 0 Å². The Bertz CT molecular complexity index is 1060. The molecule has 4 heteroatoms. The summed E-state index contributed by atoms with van der Waals surface area (Å²) in [6.07, 6.45) is 1.78. The van der Waals surface area contributed by atoms with E-state index >= 15 is 0 Å². The van der Waals surface area contributed by atoms with Gasteiger partial charge in [-0.1, -0.05) is 24.3 Å². The topological polar surface area (TPSA) is 58.6 Å². The zero-order chi connectivity index (χ0) is 15.1. The Morgan fingerprint density at radius 2 is 1.86 bits per heavy atom. The number of nitrogens with one attached hydrogen (secondary N) is 1. The van der Waals surface area contributed by atoms with E-state index in [0.29, 0.717) is 16.7 Å². The van der Waals surface area contributed by atoms with E-state index < -0.39 is 0 Å². The first-order valence-corrected chi connectivity index (χ1v) is 7.07. The van der Waals surface area contributed by atoms with Crippen LogP contribution in [0.25, 0.3) is 32.9 Å². The third-order valence-corrected chi connectivity index (χ3v) is 3.78. The van der Waals surface area contributed by atoms with Gasteiger partial charge in [-0.3, -0.25) is 9.78 Å². The first-order valence-electron chi connectivity index (χ1n) is 7.07. The zero-order valence-corrected chi connectivity index (χ0v) is 12.0. The molecule has 0 saturated carbocycles. The summed E-state index contributed by atoms with van der Waals surface area (Å²) in [7, 11) is 0. The molecule has 22 heavy (non-hydrogen) atoms. The summed E-state index contributed by atoms with van der Waals surface area (Å²) in [4.78, 5) is 23.6. The van der Waals surface area contributed by atoms with Crippen LogP contribution in [0, 0.1) is 6.92 Å². The summed E-state index contributed by atoms with van der Waals surface area (Å²) in [6, 6.07) is 15.7. The Hall–Kier alpha value is -3.01. The molecule has 0 atom stereocenters. The first kappa shape index (κ1) is 12.7. The van der Waals surface area contributed by atoms with Crippen LogP contribution in [0.5, 0.6) is 0 Å². The second-order valence-corrected chi connectivity index (χ2v) is 5.26. The van der Waals surface area contributed by atoms with Crippen LogP contribution >= 0.6 is 0 Å². The fourth-order valence-electron chi connectivity index (χ4n) is 2.78. The summed E-state index contributed by atoms with van der Waals surface area (Å²) in [5, 5.41) is 1.67. The Balaban J connectivity index is 2.03. The summed E-state index contributed by atoms with van der Waals surface area (Å²) >= 11 is 0. The molecule has 0 unspecified atom stereocenters. The third-order valence-electron chi connectivity index (χ3n) is 3.78. The predicted octanol–water partition coefficient (Wildman–Crippen LogP) is 3.45. The van der Waals surface area contributed by atoms with E-state index in [1.807, 2.05) is 48.5 Å². The van der Waals surface area contributed by atoms with E-state index in [2.05, 4.69) is 15.0 Å². The van der Waals surface area contributed by atoms with Crippen molar-refractivity contribution < 1.29 is 0 Å². The lowest BCUT2D eigenvalue weighted by molar-refractivity contribution is 1.06. The van der Waals surface area contributed by atoms with Gasteiger partial charge < -0.3 is 4.98 Å².